The zero-order chi connectivity index (χ0) is 16.9. The highest BCUT2D eigenvalue weighted by Crippen LogP contribution is 2.45. The Morgan fingerprint density at radius 2 is 1.78 bits per heavy atom. The molecule has 1 heterocycles. The summed E-state index contributed by atoms with van der Waals surface area (Å²) in [4.78, 5) is 12.3. The third kappa shape index (κ3) is 2.49. The average Bonchev–Trinajstić information content (AvgIpc) is 2.83. The van der Waals surface area contributed by atoms with E-state index in [4.69, 9.17) is 0 Å². The summed E-state index contributed by atoms with van der Waals surface area (Å²) in [5.74, 6) is -1.84. The minimum atomic E-state index is -0.620. The lowest BCUT2D eigenvalue weighted by atomic mass is 9.99. The summed E-state index contributed by atoms with van der Waals surface area (Å²) in [5, 5.41) is 31.7. The molecule has 0 spiro atoms. The van der Waals surface area contributed by atoms with E-state index in [9.17, 15) is 20.1 Å². The van der Waals surface area contributed by atoms with E-state index in [0.717, 1.165) is 14.5 Å². The Morgan fingerprint density at radius 1 is 1.09 bits per heavy atom. The van der Waals surface area contributed by atoms with Crippen molar-refractivity contribution in [3.8, 4) is 17.2 Å². The van der Waals surface area contributed by atoms with Crippen molar-refractivity contribution in [2.45, 2.75) is 6.92 Å². The molecule has 0 bridgehead atoms. The first-order valence-electron chi connectivity index (χ1n) is 6.57. The van der Waals surface area contributed by atoms with Crippen LogP contribution in [0.2, 0.25) is 0 Å². The van der Waals surface area contributed by atoms with Gasteiger partial charge in [0, 0.05) is 20.1 Å². The Labute approximate surface area is 148 Å². The third-order valence-electron chi connectivity index (χ3n) is 3.69. The van der Waals surface area contributed by atoms with E-state index in [2.05, 4.69) is 37.2 Å². The smallest absolute Gasteiger partial charge is 0.256 e. The van der Waals surface area contributed by atoms with Crippen molar-refractivity contribution in [2.24, 2.45) is 0 Å². The Kier molecular flexibility index (Phi) is 3.85. The van der Waals surface area contributed by atoms with E-state index in [-0.39, 0.29) is 11.5 Å². The first-order valence-corrected chi connectivity index (χ1v) is 8.15. The molecule has 3 rings (SSSR count). The van der Waals surface area contributed by atoms with Gasteiger partial charge in [0.05, 0.1) is 11.3 Å². The van der Waals surface area contributed by atoms with Crippen LogP contribution in [0.3, 0.4) is 0 Å². The lowest BCUT2D eigenvalue weighted by Crippen LogP contribution is -2.03. The molecule has 0 aliphatic carbocycles. The number of anilines is 1. The van der Waals surface area contributed by atoms with Crippen LogP contribution in [-0.4, -0.2) is 21.2 Å². The lowest BCUT2D eigenvalue weighted by molar-refractivity contribution is -0.110. The number of phenolic OH excluding ortho intramolecular Hbond substituents is 3. The summed E-state index contributed by atoms with van der Waals surface area (Å²) in [5.41, 5.74) is 2.83. The first-order chi connectivity index (χ1) is 10.8. The molecule has 1 aliphatic heterocycles. The van der Waals surface area contributed by atoms with Crippen LogP contribution in [0, 0.1) is 6.92 Å². The number of nitrogens with one attached hydrogen (secondary N) is 1. The number of rotatable bonds is 1. The summed E-state index contributed by atoms with van der Waals surface area (Å²) in [6.07, 6.45) is 1.47. The Bertz CT molecular complexity index is 890. The molecule has 0 aromatic heterocycles. The average molecular weight is 441 g/mol. The van der Waals surface area contributed by atoms with Gasteiger partial charge in [-0.3, -0.25) is 4.79 Å². The van der Waals surface area contributed by atoms with Gasteiger partial charge in [-0.25, -0.2) is 0 Å². The van der Waals surface area contributed by atoms with Crippen LogP contribution in [0.5, 0.6) is 17.2 Å². The Balaban J connectivity index is 2.24. The minimum absolute atomic E-state index is 0.230. The molecule has 0 radical (unpaired) electrons. The van der Waals surface area contributed by atoms with E-state index < -0.39 is 17.2 Å². The van der Waals surface area contributed by atoms with Crippen molar-refractivity contribution in [1.82, 2.24) is 0 Å². The summed E-state index contributed by atoms with van der Waals surface area (Å²) in [6, 6.07) is 4.52. The SMILES string of the molecule is Cc1c(Br)cc(Br)c2c1C(=Cc1ccc(O)c(O)c1O)C(=O)N2. The maximum Gasteiger partial charge on any atom is 0.256 e. The lowest BCUT2D eigenvalue weighted by Gasteiger charge is -2.09. The molecule has 2 aromatic rings. The van der Waals surface area contributed by atoms with Crippen molar-refractivity contribution in [3.63, 3.8) is 0 Å². The topological polar surface area (TPSA) is 89.8 Å². The zero-order valence-corrected chi connectivity index (χ0v) is 15.0. The van der Waals surface area contributed by atoms with Gasteiger partial charge in [0.15, 0.2) is 11.5 Å². The van der Waals surface area contributed by atoms with Crippen molar-refractivity contribution >= 4 is 55.1 Å². The number of amides is 1. The van der Waals surface area contributed by atoms with Gasteiger partial charge < -0.3 is 20.6 Å². The van der Waals surface area contributed by atoms with Crippen LogP contribution < -0.4 is 5.32 Å². The number of fused-ring (bicyclic) bond motifs is 1. The molecule has 0 fully saturated rings. The number of hydrogen-bond donors (Lipinski definition) is 4. The van der Waals surface area contributed by atoms with Crippen LogP contribution in [0.4, 0.5) is 5.69 Å². The van der Waals surface area contributed by atoms with Crippen molar-refractivity contribution in [1.29, 1.82) is 0 Å². The molecular weight excluding hydrogens is 430 g/mol. The van der Waals surface area contributed by atoms with E-state index in [0.29, 0.717) is 16.8 Å². The normalized spacial score (nSPS) is 14.9. The van der Waals surface area contributed by atoms with Gasteiger partial charge in [-0.05, 0) is 52.7 Å². The van der Waals surface area contributed by atoms with Crippen LogP contribution >= 0.6 is 31.9 Å². The molecule has 2 aromatic carbocycles. The van der Waals surface area contributed by atoms with E-state index in [1.165, 1.54) is 18.2 Å². The number of benzene rings is 2. The minimum Gasteiger partial charge on any atom is -0.504 e. The molecule has 118 valence electrons. The fourth-order valence-corrected chi connectivity index (χ4v) is 3.73. The standard InChI is InChI=1S/C16H11Br2NO4/c1-6-9(17)5-10(18)13-12(6)8(16(23)19-13)4-7-2-3-11(20)15(22)14(7)21/h2-5,20-22H,1H3,(H,19,23). The third-order valence-corrected chi connectivity index (χ3v) is 5.14. The number of carbonyl (C=O) groups excluding carboxylic acids is 1. The molecular formula is C16H11Br2NO4. The predicted octanol–water partition coefficient (Wildman–Crippen LogP) is 4.13. The van der Waals surface area contributed by atoms with Gasteiger partial charge >= 0.3 is 0 Å². The largest absolute Gasteiger partial charge is 0.504 e. The van der Waals surface area contributed by atoms with Gasteiger partial charge in [-0.2, -0.15) is 0 Å². The van der Waals surface area contributed by atoms with Crippen LogP contribution in [-0.2, 0) is 4.79 Å². The maximum absolute atomic E-state index is 12.3. The van der Waals surface area contributed by atoms with Gasteiger partial charge in [-0.15, -0.1) is 0 Å². The number of aromatic hydroxyl groups is 3. The molecule has 0 saturated heterocycles. The highest BCUT2D eigenvalue weighted by atomic mass is 79.9. The predicted molar refractivity (Wildman–Crippen MR) is 94.5 cm³/mol. The molecule has 1 aliphatic rings. The van der Waals surface area contributed by atoms with E-state index >= 15 is 0 Å². The van der Waals surface area contributed by atoms with Crippen LogP contribution in [0.15, 0.2) is 27.1 Å². The molecule has 0 saturated carbocycles. The second-order valence-electron chi connectivity index (χ2n) is 5.10. The first kappa shape index (κ1) is 15.9. The number of carbonyl (C=O) groups is 1. The summed E-state index contributed by atoms with van der Waals surface area (Å²) in [7, 11) is 0. The number of hydrogen-bond acceptors (Lipinski definition) is 4. The molecule has 5 nitrogen and oxygen atoms in total. The van der Waals surface area contributed by atoms with Gasteiger partial charge in [0.2, 0.25) is 5.75 Å². The van der Waals surface area contributed by atoms with Gasteiger partial charge in [0.25, 0.3) is 5.91 Å². The van der Waals surface area contributed by atoms with E-state index in [1.54, 1.807) is 0 Å². The molecule has 4 N–H and O–H groups in total. The van der Waals surface area contributed by atoms with Crippen molar-refractivity contribution in [3.05, 3.63) is 43.8 Å². The Morgan fingerprint density at radius 3 is 2.48 bits per heavy atom. The second kappa shape index (κ2) is 5.58. The van der Waals surface area contributed by atoms with Gasteiger partial charge in [0.1, 0.15) is 0 Å². The zero-order valence-electron chi connectivity index (χ0n) is 11.8. The number of phenols is 3. The maximum atomic E-state index is 12.3. The van der Waals surface area contributed by atoms with Gasteiger partial charge in [-0.1, -0.05) is 15.9 Å². The summed E-state index contributed by atoms with van der Waals surface area (Å²) < 4.78 is 1.57. The van der Waals surface area contributed by atoms with Crippen LogP contribution in [0.25, 0.3) is 11.6 Å². The molecule has 1 amide bonds. The summed E-state index contributed by atoms with van der Waals surface area (Å²) in [6.45, 7) is 1.87. The van der Waals surface area contributed by atoms with E-state index in [1.807, 2.05) is 13.0 Å². The molecule has 23 heavy (non-hydrogen) atoms. The fourth-order valence-electron chi connectivity index (χ4n) is 2.47. The molecule has 0 atom stereocenters. The summed E-state index contributed by atoms with van der Waals surface area (Å²) >= 11 is 6.86. The number of halogens is 2. The van der Waals surface area contributed by atoms with Crippen molar-refractivity contribution < 1.29 is 20.1 Å². The van der Waals surface area contributed by atoms with Crippen LogP contribution in [0.1, 0.15) is 16.7 Å². The Hall–Kier alpha value is -1.99. The second-order valence-corrected chi connectivity index (χ2v) is 6.81. The molecule has 7 heteroatoms. The quantitative estimate of drug-likeness (QED) is 0.396. The fraction of sp³-hybridized carbons (Fsp3) is 0.0625. The molecule has 0 unspecified atom stereocenters. The monoisotopic (exact) mass is 439 g/mol. The highest BCUT2D eigenvalue weighted by molar-refractivity contribution is 9.11. The van der Waals surface area contributed by atoms with Crippen molar-refractivity contribution in [2.75, 3.05) is 5.32 Å². The highest BCUT2D eigenvalue weighted by Gasteiger charge is 2.29.